The molecule has 114 valence electrons. The molecule has 0 amide bonds. The second kappa shape index (κ2) is 8.15. The number of hydrogen-bond acceptors (Lipinski definition) is 6. The molecule has 0 spiro atoms. The molecule has 0 unspecified atom stereocenters. The Bertz CT molecular complexity index is 562. The van der Waals surface area contributed by atoms with Crippen molar-refractivity contribution in [2.75, 3.05) is 11.3 Å². The van der Waals surface area contributed by atoms with E-state index in [-0.39, 0.29) is 17.1 Å². The van der Waals surface area contributed by atoms with E-state index in [1.807, 2.05) is 0 Å². The lowest BCUT2D eigenvalue weighted by Crippen LogP contribution is -2.01. The molecule has 1 N–H and O–H groups in total. The van der Waals surface area contributed by atoms with Crippen LogP contribution >= 0.6 is 11.6 Å². The van der Waals surface area contributed by atoms with Crippen LogP contribution in [-0.2, 0) is 0 Å². The molecule has 1 aromatic carbocycles. The van der Waals surface area contributed by atoms with Crippen molar-refractivity contribution >= 4 is 34.4 Å². The van der Waals surface area contributed by atoms with Crippen molar-refractivity contribution < 1.29 is 9.85 Å². The van der Waals surface area contributed by atoms with Crippen molar-refractivity contribution in [1.29, 1.82) is 0 Å². The molecule has 0 aliphatic carbocycles. The zero-order valence-electron chi connectivity index (χ0n) is 11.4. The molecule has 0 fully saturated rings. The highest BCUT2D eigenvalue weighted by molar-refractivity contribution is 6.17. The van der Waals surface area contributed by atoms with Crippen LogP contribution in [0.25, 0.3) is 0 Å². The number of anilines is 1. The lowest BCUT2D eigenvalue weighted by Gasteiger charge is -2.04. The fourth-order valence-electron chi connectivity index (χ4n) is 1.57. The molecule has 1 rings (SSSR count). The Morgan fingerprint density at radius 1 is 1.29 bits per heavy atom. The highest BCUT2D eigenvalue weighted by atomic mass is 35.5. The molecule has 0 atom stereocenters. The van der Waals surface area contributed by atoms with E-state index in [0.717, 1.165) is 31.0 Å². The molecule has 1 aromatic rings. The molecular formula is C12H15ClN4O4. The number of hydrogen-bond donors (Lipinski definition) is 1. The fourth-order valence-corrected chi connectivity index (χ4v) is 1.76. The van der Waals surface area contributed by atoms with Gasteiger partial charge in [-0.1, -0.05) is 0 Å². The van der Waals surface area contributed by atoms with E-state index < -0.39 is 9.85 Å². The zero-order chi connectivity index (χ0) is 15.8. The van der Waals surface area contributed by atoms with Crippen LogP contribution < -0.4 is 5.43 Å². The van der Waals surface area contributed by atoms with Crippen molar-refractivity contribution in [3.05, 3.63) is 38.4 Å². The van der Waals surface area contributed by atoms with E-state index >= 15 is 0 Å². The minimum absolute atomic E-state index is 0.113. The lowest BCUT2D eigenvalue weighted by atomic mass is 10.2. The van der Waals surface area contributed by atoms with Crippen LogP contribution in [0.15, 0.2) is 23.3 Å². The maximum atomic E-state index is 10.9. The zero-order valence-corrected chi connectivity index (χ0v) is 12.2. The van der Waals surface area contributed by atoms with Crippen LogP contribution in [0.1, 0.15) is 26.2 Å². The van der Waals surface area contributed by atoms with Gasteiger partial charge in [-0.2, -0.15) is 5.10 Å². The third-order valence-corrected chi connectivity index (χ3v) is 2.95. The number of nitro benzene ring substituents is 2. The van der Waals surface area contributed by atoms with Gasteiger partial charge in [0.05, 0.1) is 15.9 Å². The molecule has 21 heavy (non-hydrogen) atoms. The van der Waals surface area contributed by atoms with E-state index in [1.54, 1.807) is 6.92 Å². The topological polar surface area (TPSA) is 111 Å². The van der Waals surface area contributed by atoms with Crippen LogP contribution in [0.5, 0.6) is 0 Å². The first-order valence-electron chi connectivity index (χ1n) is 6.23. The maximum absolute atomic E-state index is 10.9. The van der Waals surface area contributed by atoms with Gasteiger partial charge in [0.25, 0.3) is 5.69 Å². The molecule has 0 bridgehead atoms. The van der Waals surface area contributed by atoms with Crippen molar-refractivity contribution in [3.63, 3.8) is 0 Å². The van der Waals surface area contributed by atoms with Crippen molar-refractivity contribution in [2.45, 2.75) is 26.2 Å². The summed E-state index contributed by atoms with van der Waals surface area (Å²) in [6.07, 6.45) is 2.47. The third-order valence-electron chi connectivity index (χ3n) is 2.68. The van der Waals surface area contributed by atoms with Gasteiger partial charge < -0.3 is 0 Å². The molecule has 0 aliphatic rings. The summed E-state index contributed by atoms with van der Waals surface area (Å²) in [6.45, 7) is 1.79. The smallest absolute Gasteiger partial charge is 0.272 e. The second-order valence-corrected chi connectivity index (χ2v) is 4.70. The maximum Gasteiger partial charge on any atom is 0.301 e. The Labute approximate surface area is 126 Å². The van der Waals surface area contributed by atoms with Gasteiger partial charge in [0.15, 0.2) is 0 Å². The lowest BCUT2D eigenvalue weighted by molar-refractivity contribution is -0.393. The van der Waals surface area contributed by atoms with Crippen LogP contribution in [-0.4, -0.2) is 21.4 Å². The normalized spacial score (nSPS) is 11.2. The van der Waals surface area contributed by atoms with Crippen molar-refractivity contribution in [1.82, 2.24) is 0 Å². The molecule has 0 heterocycles. The van der Waals surface area contributed by atoms with Crippen molar-refractivity contribution in [3.8, 4) is 0 Å². The largest absolute Gasteiger partial charge is 0.301 e. The number of rotatable bonds is 8. The van der Waals surface area contributed by atoms with E-state index in [1.165, 1.54) is 12.1 Å². The van der Waals surface area contributed by atoms with Gasteiger partial charge in [-0.15, -0.1) is 11.6 Å². The highest BCUT2D eigenvalue weighted by Crippen LogP contribution is 2.28. The minimum Gasteiger partial charge on any atom is -0.272 e. The molecule has 8 nitrogen and oxygen atoms in total. The number of benzene rings is 1. The standard InChI is InChI=1S/C12H15ClN4O4/c1-9(4-2-3-7-13)14-15-11-6-5-10(16(18)19)8-12(11)17(20)21/h5-6,8,15H,2-4,7H2,1H3. The molecule has 0 radical (unpaired) electrons. The molecule has 0 saturated heterocycles. The molecular weight excluding hydrogens is 300 g/mol. The highest BCUT2D eigenvalue weighted by Gasteiger charge is 2.19. The Morgan fingerprint density at radius 3 is 2.57 bits per heavy atom. The number of nitrogens with zero attached hydrogens (tertiary/aromatic N) is 3. The number of nitro groups is 2. The summed E-state index contributed by atoms with van der Waals surface area (Å²) in [5.41, 5.74) is 2.74. The summed E-state index contributed by atoms with van der Waals surface area (Å²) in [4.78, 5) is 20.2. The average Bonchev–Trinajstić information content (AvgIpc) is 2.45. The van der Waals surface area contributed by atoms with Gasteiger partial charge in [-0.3, -0.25) is 25.7 Å². The number of unbranched alkanes of at least 4 members (excludes halogenated alkanes) is 1. The van der Waals surface area contributed by atoms with Gasteiger partial charge in [-0.25, -0.2) is 0 Å². The Hall–Kier alpha value is -2.22. The van der Waals surface area contributed by atoms with Gasteiger partial charge >= 0.3 is 5.69 Å². The third kappa shape index (κ3) is 5.35. The van der Waals surface area contributed by atoms with E-state index in [0.29, 0.717) is 5.88 Å². The second-order valence-electron chi connectivity index (χ2n) is 4.32. The quantitative estimate of drug-likeness (QED) is 0.258. The summed E-state index contributed by atoms with van der Waals surface area (Å²) in [6, 6.07) is 3.36. The van der Waals surface area contributed by atoms with E-state index in [2.05, 4.69) is 10.5 Å². The Balaban J connectivity index is 2.85. The summed E-state index contributed by atoms with van der Waals surface area (Å²) >= 11 is 5.57. The summed E-state index contributed by atoms with van der Waals surface area (Å²) in [5.74, 6) is 0.578. The first-order chi connectivity index (χ1) is 9.95. The monoisotopic (exact) mass is 314 g/mol. The SMILES string of the molecule is CC(CCCCCl)=NNc1ccc([N+](=O)[O-])cc1[N+](=O)[O-]. The van der Waals surface area contributed by atoms with E-state index in [4.69, 9.17) is 11.6 Å². The van der Waals surface area contributed by atoms with Crippen LogP contribution in [0.4, 0.5) is 17.1 Å². The van der Waals surface area contributed by atoms with Gasteiger partial charge in [0, 0.05) is 17.7 Å². The number of non-ortho nitro benzene ring substituents is 1. The first-order valence-corrected chi connectivity index (χ1v) is 6.77. The summed E-state index contributed by atoms with van der Waals surface area (Å²) in [5, 5.41) is 25.6. The van der Waals surface area contributed by atoms with Crippen LogP contribution in [0, 0.1) is 20.2 Å². The first kappa shape index (κ1) is 16.8. The summed E-state index contributed by atoms with van der Waals surface area (Å²) < 4.78 is 0. The Morgan fingerprint density at radius 2 is 2.00 bits per heavy atom. The molecule has 0 aliphatic heterocycles. The van der Waals surface area contributed by atoms with Gasteiger partial charge in [0.2, 0.25) is 0 Å². The predicted octanol–water partition coefficient (Wildman–Crippen LogP) is 3.70. The fraction of sp³-hybridized carbons (Fsp3) is 0.417. The minimum atomic E-state index is -0.687. The molecule has 0 saturated carbocycles. The predicted molar refractivity (Wildman–Crippen MR) is 81.1 cm³/mol. The molecule has 0 aromatic heterocycles. The average molecular weight is 315 g/mol. The Kier molecular flexibility index (Phi) is 6.54. The van der Waals surface area contributed by atoms with E-state index in [9.17, 15) is 20.2 Å². The number of alkyl halides is 1. The number of halogens is 1. The van der Waals surface area contributed by atoms with Gasteiger partial charge in [0.1, 0.15) is 5.69 Å². The molecule has 9 heteroatoms. The van der Waals surface area contributed by atoms with Crippen LogP contribution in [0.3, 0.4) is 0 Å². The van der Waals surface area contributed by atoms with Crippen LogP contribution in [0.2, 0.25) is 0 Å². The summed E-state index contributed by atoms with van der Waals surface area (Å²) in [7, 11) is 0. The van der Waals surface area contributed by atoms with Crippen molar-refractivity contribution in [2.24, 2.45) is 5.10 Å². The van der Waals surface area contributed by atoms with Gasteiger partial charge in [-0.05, 0) is 32.3 Å². The number of nitrogens with one attached hydrogen (secondary N) is 1. The number of hydrazone groups is 1.